The first-order valence-electron chi connectivity index (χ1n) is 8.41. The van der Waals surface area contributed by atoms with E-state index in [2.05, 4.69) is 17.6 Å². The first-order chi connectivity index (χ1) is 11.6. The summed E-state index contributed by atoms with van der Waals surface area (Å²) in [6, 6.07) is 13.9. The van der Waals surface area contributed by atoms with E-state index in [1.165, 1.54) is 0 Å². The number of piperazine rings is 1. The molecule has 1 atom stereocenters. The molecule has 0 radical (unpaired) electrons. The van der Waals surface area contributed by atoms with E-state index in [0.29, 0.717) is 24.6 Å². The van der Waals surface area contributed by atoms with E-state index in [-0.39, 0.29) is 24.2 Å². The fourth-order valence-electron chi connectivity index (χ4n) is 3.03. The van der Waals surface area contributed by atoms with Gasteiger partial charge in [0, 0.05) is 44.2 Å². The molecule has 1 heterocycles. The summed E-state index contributed by atoms with van der Waals surface area (Å²) in [6.07, 6.45) is 0.339. The summed E-state index contributed by atoms with van der Waals surface area (Å²) < 4.78 is 0. The molecule has 0 aliphatic carbocycles. The summed E-state index contributed by atoms with van der Waals surface area (Å²) in [7, 11) is 0. The Balaban J connectivity index is 0.00000225. The summed E-state index contributed by atoms with van der Waals surface area (Å²) in [6.45, 7) is 4.74. The summed E-state index contributed by atoms with van der Waals surface area (Å²) >= 11 is 0. The number of hydrogen-bond acceptors (Lipinski definition) is 3. The Morgan fingerprint density at radius 3 is 2.72 bits per heavy atom. The Morgan fingerprint density at radius 2 is 1.96 bits per heavy atom. The van der Waals surface area contributed by atoms with Gasteiger partial charge in [-0.05, 0) is 29.8 Å². The van der Waals surface area contributed by atoms with Crippen LogP contribution < -0.4 is 10.6 Å². The number of hydrogen-bond donors (Lipinski definition) is 2. The molecule has 1 fully saturated rings. The summed E-state index contributed by atoms with van der Waals surface area (Å²) in [5.74, 6) is -0.0376. The molecule has 0 spiro atoms. The van der Waals surface area contributed by atoms with Crippen molar-refractivity contribution in [3.63, 3.8) is 0 Å². The highest BCUT2D eigenvalue weighted by Crippen LogP contribution is 2.15. The van der Waals surface area contributed by atoms with Crippen LogP contribution in [0.2, 0.25) is 0 Å². The molecule has 0 bridgehead atoms. The number of nitrogens with zero attached hydrogens (tertiary/aromatic N) is 1. The molecular formula is C19H24ClN3O2. The zero-order chi connectivity index (χ0) is 16.9. The number of carbonyl (C=O) groups is 2. The lowest BCUT2D eigenvalue weighted by Crippen LogP contribution is -2.51. The number of benzene rings is 2. The monoisotopic (exact) mass is 361 g/mol. The molecule has 3 rings (SSSR count). The minimum absolute atomic E-state index is 0. The van der Waals surface area contributed by atoms with Gasteiger partial charge in [-0.2, -0.15) is 0 Å². The molecule has 2 aromatic carbocycles. The van der Waals surface area contributed by atoms with E-state index >= 15 is 0 Å². The van der Waals surface area contributed by atoms with Crippen LogP contribution in [-0.2, 0) is 4.79 Å². The van der Waals surface area contributed by atoms with Gasteiger partial charge in [-0.25, -0.2) is 0 Å². The first kappa shape index (κ1) is 19.2. The molecule has 1 aliphatic heterocycles. The lowest BCUT2D eigenvalue weighted by molar-refractivity contribution is -0.132. The van der Waals surface area contributed by atoms with Crippen molar-refractivity contribution < 1.29 is 9.59 Å². The minimum Gasteiger partial charge on any atom is -0.352 e. The molecule has 1 aliphatic rings. The third-order valence-corrected chi connectivity index (χ3v) is 4.36. The molecule has 1 saturated heterocycles. The van der Waals surface area contributed by atoms with Gasteiger partial charge < -0.3 is 15.5 Å². The zero-order valence-electron chi connectivity index (χ0n) is 14.3. The Hall–Kier alpha value is -2.11. The number of fused-ring (bicyclic) bond motifs is 1. The molecule has 6 heteroatoms. The number of amides is 2. The van der Waals surface area contributed by atoms with Gasteiger partial charge in [-0.3, -0.25) is 9.59 Å². The van der Waals surface area contributed by atoms with Gasteiger partial charge in [-0.15, -0.1) is 12.4 Å². The van der Waals surface area contributed by atoms with Crippen molar-refractivity contribution >= 4 is 35.0 Å². The second-order valence-electron chi connectivity index (χ2n) is 6.26. The molecule has 2 aromatic rings. The third kappa shape index (κ3) is 4.94. The van der Waals surface area contributed by atoms with Gasteiger partial charge in [0.1, 0.15) is 0 Å². The number of carbonyl (C=O) groups excluding carboxylic acids is 2. The molecule has 2 N–H and O–H groups in total. The SMILES string of the molecule is CC1CN(C(=O)CCNC(=O)c2ccc3ccccc3c2)CCN1.Cl. The van der Waals surface area contributed by atoms with Crippen molar-refractivity contribution in [3.05, 3.63) is 48.0 Å². The number of halogens is 1. The van der Waals surface area contributed by atoms with Crippen LogP contribution in [0.15, 0.2) is 42.5 Å². The second kappa shape index (κ2) is 8.83. The Morgan fingerprint density at radius 1 is 1.20 bits per heavy atom. The molecule has 1 unspecified atom stereocenters. The van der Waals surface area contributed by atoms with Crippen LogP contribution in [0.4, 0.5) is 0 Å². The highest BCUT2D eigenvalue weighted by molar-refractivity contribution is 5.98. The van der Waals surface area contributed by atoms with Crippen LogP contribution in [0.1, 0.15) is 23.7 Å². The predicted molar refractivity (Wildman–Crippen MR) is 102 cm³/mol. The van der Waals surface area contributed by atoms with Crippen molar-refractivity contribution in [2.75, 3.05) is 26.2 Å². The van der Waals surface area contributed by atoms with Gasteiger partial charge in [-0.1, -0.05) is 30.3 Å². The van der Waals surface area contributed by atoms with Crippen molar-refractivity contribution in [2.24, 2.45) is 0 Å². The van der Waals surface area contributed by atoms with Crippen LogP contribution in [0, 0.1) is 0 Å². The summed E-state index contributed by atoms with van der Waals surface area (Å²) in [4.78, 5) is 26.3. The van der Waals surface area contributed by atoms with Crippen LogP contribution in [0.5, 0.6) is 0 Å². The lowest BCUT2D eigenvalue weighted by Gasteiger charge is -2.32. The standard InChI is InChI=1S/C19H23N3O2.ClH/c1-14-13-22(11-10-20-14)18(23)8-9-21-19(24)17-7-6-15-4-2-3-5-16(15)12-17;/h2-7,12,14,20H,8-11,13H2,1H3,(H,21,24);1H. The van der Waals surface area contributed by atoms with E-state index in [1.54, 1.807) is 0 Å². The fraction of sp³-hybridized carbons (Fsp3) is 0.368. The maximum absolute atomic E-state index is 12.3. The van der Waals surface area contributed by atoms with Crippen molar-refractivity contribution in [1.29, 1.82) is 0 Å². The van der Waals surface area contributed by atoms with Gasteiger partial charge in [0.05, 0.1) is 0 Å². The topological polar surface area (TPSA) is 61.4 Å². The summed E-state index contributed by atoms with van der Waals surface area (Å²) in [5, 5.41) is 8.30. The highest BCUT2D eigenvalue weighted by Gasteiger charge is 2.20. The Kier molecular flexibility index (Phi) is 6.79. The van der Waals surface area contributed by atoms with E-state index < -0.39 is 0 Å². The van der Waals surface area contributed by atoms with Crippen LogP contribution in [0.25, 0.3) is 10.8 Å². The fourth-order valence-corrected chi connectivity index (χ4v) is 3.03. The van der Waals surface area contributed by atoms with E-state index in [4.69, 9.17) is 0 Å². The number of nitrogens with one attached hydrogen (secondary N) is 2. The summed E-state index contributed by atoms with van der Waals surface area (Å²) in [5.41, 5.74) is 0.622. The van der Waals surface area contributed by atoms with Crippen LogP contribution in [-0.4, -0.2) is 48.9 Å². The van der Waals surface area contributed by atoms with Gasteiger partial charge in [0.25, 0.3) is 5.91 Å². The first-order valence-corrected chi connectivity index (χ1v) is 8.41. The van der Waals surface area contributed by atoms with Gasteiger partial charge in [0.15, 0.2) is 0 Å². The average molecular weight is 362 g/mol. The Bertz CT molecular complexity index is 750. The Labute approximate surface area is 154 Å². The predicted octanol–water partition coefficient (Wildman–Crippen LogP) is 2.20. The van der Waals surface area contributed by atoms with Crippen LogP contribution >= 0.6 is 12.4 Å². The molecule has 5 nitrogen and oxygen atoms in total. The molecule has 25 heavy (non-hydrogen) atoms. The maximum atomic E-state index is 12.3. The van der Waals surface area contributed by atoms with Gasteiger partial charge in [0.2, 0.25) is 5.91 Å². The van der Waals surface area contributed by atoms with Crippen molar-refractivity contribution in [2.45, 2.75) is 19.4 Å². The molecule has 2 amide bonds. The molecule has 134 valence electrons. The van der Waals surface area contributed by atoms with Gasteiger partial charge >= 0.3 is 0 Å². The average Bonchev–Trinajstić information content (AvgIpc) is 2.61. The van der Waals surface area contributed by atoms with Crippen LogP contribution in [0.3, 0.4) is 0 Å². The van der Waals surface area contributed by atoms with E-state index in [9.17, 15) is 9.59 Å². The third-order valence-electron chi connectivity index (χ3n) is 4.36. The smallest absolute Gasteiger partial charge is 0.251 e. The highest BCUT2D eigenvalue weighted by atomic mass is 35.5. The number of rotatable bonds is 4. The maximum Gasteiger partial charge on any atom is 0.251 e. The van der Waals surface area contributed by atoms with Crippen molar-refractivity contribution in [1.82, 2.24) is 15.5 Å². The van der Waals surface area contributed by atoms with E-state index in [0.717, 1.165) is 30.4 Å². The van der Waals surface area contributed by atoms with Crippen molar-refractivity contribution in [3.8, 4) is 0 Å². The molecule has 0 aromatic heterocycles. The normalized spacial score (nSPS) is 17.0. The molecular weight excluding hydrogens is 338 g/mol. The second-order valence-corrected chi connectivity index (χ2v) is 6.26. The van der Waals surface area contributed by atoms with E-state index in [1.807, 2.05) is 47.4 Å². The minimum atomic E-state index is -0.137. The quantitative estimate of drug-likeness (QED) is 0.877. The zero-order valence-corrected chi connectivity index (χ0v) is 15.1. The molecule has 0 saturated carbocycles. The lowest BCUT2D eigenvalue weighted by atomic mass is 10.1. The largest absolute Gasteiger partial charge is 0.352 e.